The fraction of sp³-hybridized carbons (Fsp3) is 0.200. The van der Waals surface area contributed by atoms with Gasteiger partial charge in [0.1, 0.15) is 0 Å². The van der Waals surface area contributed by atoms with Gasteiger partial charge in [0.2, 0.25) is 5.12 Å². The lowest BCUT2D eigenvalue weighted by atomic mass is 10.3. The van der Waals surface area contributed by atoms with E-state index in [1.807, 2.05) is 0 Å². The van der Waals surface area contributed by atoms with E-state index in [9.17, 15) is 0 Å². The Labute approximate surface area is 79.1 Å². The van der Waals surface area contributed by atoms with Crippen LogP contribution in [0, 0.1) is 0 Å². The normalized spacial score (nSPS) is 30.5. The van der Waals surface area contributed by atoms with Crippen LogP contribution in [0.15, 0.2) is 22.3 Å². The zero-order valence-corrected chi connectivity index (χ0v) is 7.63. The molecule has 0 aromatic heterocycles. The Kier molecular flexibility index (Phi) is 2.67. The number of rotatable bonds is 1. The zero-order chi connectivity index (χ0) is 8.48. The maximum absolute atomic E-state index is 5.82. The van der Waals surface area contributed by atoms with Crippen molar-refractivity contribution < 1.29 is 0 Å². The van der Waals surface area contributed by atoms with Crippen molar-refractivity contribution in [2.75, 3.05) is 0 Å². The topological polar surface area (TPSA) is 50.1 Å². The highest BCUT2D eigenvalue weighted by Crippen LogP contribution is 2.27. The highest BCUT2D eigenvalue weighted by Gasteiger charge is 2.30. The van der Waals surface area contributed by atoms with Crippen LogP contribution in [-0.2, 0) is 0 Å². The molecule has 4 N–H and O–H groups in total. The monoisotopic (exact) mass is 213 g/mol. The molecule has 0 saturated heterocycles. The number of dihydropyridines is 1. The molecular formula is C5H6Cl3N3. The zero-order valence-electron chi connectivity index (χ0n) is 5.37. The molecular weight excluding hydrogens is 208 g/mol. The van der Waals surface area contributed by atoms with Crippen molar-refractivity contribution >= 4 is 34.8 Å². The highest BCUT2D eigenvalue weighted by atomic mass is 35.5. The molecule has 62 valence electrons. The van der Waals surface area contributed by atoms with E-state index in [0.29, 0.717) is 10.1 Å². The molecule has 1 aliphatic heterocycles. The maximum atomic E-state index is 5.82. The second-order valence-electron chi connectivity index (χ2n) is 1.97. The number of hydrogen-bond donors (Lipinski definition) is 3. The first-order valence-corrected chi connectivity index (χ1v) is 3.89. The Morgan fingerprint density at radius 1 is 1.55 bits per heavy atom. The third-order valence-electron chi connectivity index (χ3n) is 1.20. The molecule has 1 aliphatic rings. The molecule has 0 fully saturated rings. The summed E-state index contributed by atoms with van der Waals surface area (Å²) in [5, 5.41) is 2.33. The van der Waals surface area contributed by atoms with Crippen molar-refractivity contribution in [2.45, 2.75) is 5.12 Å². The van der Waals surface area contributed by atoms with Gasteiger partial charge in [0.25, 0.3) is 0 Å². The molecule has 6 heteroatoms. The molecule has 0 aromatic carbocycles. The summed E-state index contributed by atoms with van der Waals surface area (Å²) in [6.45, 7) is 0. The summed E-state index contributed by atoms with van der Waals surface area (Å²) in [6, 6.07) is 0. The van der Waals surface area contributed by atoms with Gasteiger partial charge in [-0.05, 0) is 6.08 Å². The first-order valence-electron chi connectivity index (χ1n) is 2.76. The minimum Gasteiger partial charge on any atom is -0.354 e. The smallest absolute Gasteiger partial charge is 0.215 e. The van der Waals surface area contributed by atoms with Crippen LogP contribution in [0.25, 0.3) is 0 Å². The van der Waals surface area contributed by atoms with E-state index in [2.05, 4.69) is 10.7 Å². The standard InChI is InChI=1S/C5H6Cl3N3/c6-3-1-4(7)5(8,11-9)10-2-3/h1-2,10-11H,9H2. The van der Waals surface area contributed by atoms with Gasteiger partial charge < -0.3 is 5.32 Å². The molecule has 0 spiro atoms. The minimum absolute atomic E-state index is 0.300. The molecule has 1 heterocycles. The molecule has 0 aromatic rings. The third-order valence-corrected chi connectivity index (χ3v) is 2.33. The van der Waals surface area contributed by atoms with E-state index in [4.69, 9.17) is 40.6 Å². The number of nitrogens with one attached hydrogen (secondary N) is 2. The van der Waals surface area contributed by atoms with E-state index in [-0.39, 0.29) is 0 Å². The molecule has 1 unspecified atom stereocenters. The minimum atomic E-state index is -1.13. The van der Waals surface area contributed by atoms with Gasteiger partial charge in [-0.3, -0.25) is 5.84 Å². The lowest BCUT2D eigenvalue weighted by Gasteiger charge is -2.28. The predicted octanol–water partition coefficient (Wildman–Crippen LogP) is 1.15. The van der Waals surface area contributed by atoms with Crippen molar-refractivity contribution in [3.8, 4) is 0 Å². The molecule has 1 atom stereocenters. The van der Waals surface area contributed by atoms with Gasteiger partial charge in [-0.2, -0.15) is 0 Å². The average molecular weight is 214 g/mol. The third kappa shape index (κ3) is 1.80. The summed E-state index contributed by atoms with van der Waals surface area (Å²) >= 11 is 17.1. The molecule has 0 bridgehead atoms. The molecule has 3 nitrogen and oxygen atoms in total. The molecule has 0 radical (unpaired) electrons. The predicted molar refractivity (Wildman–Crippen MR) is 46.9 cm³/mol. The maximum Gasteiger partial charge on any atom is 0.215 e. The van der Waals surface area contributed by atoms with Crippen LogP contribution in [-0.4, -0.2) is 5.12 Å². The van der Waals surface area contributed by atoms with Crippen molar-refractivity contribution in [2.24, 2.45) is 5.84 Å². The molecule has 11 heavy (non-hydrogen) atoms. The summed E-state index contributed by atoms with van der Waals surface area (Å²) < 4.78 is 0. The number of alkyl halides is 1. The van der Waals surface area contributed by atoms with Gasteiger partial charge >= 0.3 is 0 Å². The van der Waals surface area contributed by atoms with Crippen LogP contribution in [0.3, 0.4) is 0 Å². The van der Waals surface area contributed by atoms with E-state index in [1.54, 1.807) is 0 Å². The SMILES string of the molecule is NNC1(Cl)NC=C(Cl)C=C1Cl. The van der Waals surface area contributed by atoms with Crippen LogP contribution < -0.4 is 16.6 Å². The van der Waals surface area contributed by atoms with Crippen LogP contribution >= 0.6 is 34.8 Å². The van der Waals surface area contributed by atoms with Gasteiger partial charge in [-0.1, -0.05) is 34.8 Å². The molecule has 0 amide bonds. The lowest BCUT2D eigenvalue weighted by molar-refractivity contribution is 0.497. The van der Waals surface area contributed by atoms with Gasteiger partial charge in [0.15, 0.2) is 0 Å². The van der Waals surface area contributed by atoms with Gasteiger partial charge in [0, 0.05) is 6.20 Å². The molecule has 0 saturated carbocycles. The lowest BCUT2D eigenvalue weighted by Crippen LogP contribution is -2.54. The fourth-order valence-corrected chi connectivity index (χ4v) is 1.17. The Balaban J connectivity index is 2.87. The summed E-state index contributed by atoms with van der Waals surface area (Å²) in [4.78, 5) is 0. The van der Waals surface area contributed by atoms with Crippen LogP contribution in [0.1, 0.15) is 0 Å². The Bertz CT molecular complexity index is 225. The quantitative estimate of drug-likeness (QED) is 0.266. The van der Waals surface area contributed by atoms with Gasteiger partial charge in [-0.25, -0.2) is 5.43 Å². The van der Waals surface area contributed by atoms with Crippen LogP contribution in [0.5, 0.6) is 0 Å². The average Bonchev–Trinajstić information content (AvgIpc) is 1.98. The van der Waals surface area contributed by atoms with Crippen molar-refractivity contribution in [1.82, 2.24) is 10.7 Å². The summed E-state index contributed by atoms with van der Waals surface area (Å²) in [5.74, 6) is 5.13. The summed E-state index contributed by atoms with van der Waals surface area (Å²) in [7, 11) is 0. The molecule has 0 aliphatic carbocycles. The van der Waals surface area contributed by atoms with E-state index < -0.39 is 5.12 Å². The fourth-order valence-electron chi connectivity index (χ4n) is 0.610. The largest absolute Gasteiger partial charge is 0.354 e. The van der Waals surface area contributed by atoms with Gasteiger partial charge in [0.05, 0.1) is 10.1 Å². The number of hydrogen-bond acceptors (Lipinski definition) is 3. The summed E-state index contributed by atoms with van der Waals surface area (Å²) in [6.07, 6.45) is 3.01. The summed E-state index contributed by atoms with van der Waals surface area (Å²) in [5.41, 5.74) is 2.30. The van der Waals surface area contributed by atoms with E-state index in [0.717, 1.165) is 0 Å². The Morgan fingerprint density at radius 2 is 2.18 bits per heavy atom. The Hall–Kier alpha value is 0.0700. The van der Waals surface area contributed by atoms with Crippen LogP contribution in [0.2, 0.25) is 0 Å². The number of halogens is 3. The number of allylic oxidation sites excluding steroid dienone is 2. The molecule has 1 rings (SSSR count). The van der Waals surface area contributed by atoms with Crippen molar-refractivity contribution in [3.05, 3.63) is 22.3 Å². The van der Waals surface area contributed by atoms with E-state index >= 15 is 0 Å². The first kappa shape index (κ1) is 9.16. The number of hydrazine groups is 1. The van der Waals surface area contributed by atoms with Crippen LogP contribution in [0.4, 0.5) is 0 Å². The Morgan fingerprint density at radius 3 is 2.64 bits per heavy atom. The second-order valence-corrected chi connectivity index (χ2v) is 3.38. The van der Waals surface area contributed by atoms with Crippen molar-refractivity contribution in [3.63, 3.8) is 0 Å². The number of nitrogens with two attached hydrogens (primary N) is 1. The van der Waals surface area contributed by atoms with E-state index in [1.165, 1.54) is 12.3 Å². The second kappa shape index (κ2) is 3.21. The first-order chi connectivity index (χ1) is 5.08. The van der Waals surface area contributed by atoms with Crippen molar-refractivity contribution in [1.29, 1.82) is 0 Å². The van der Waals surface area contributed by atoms with Gasteiger partial charge in [-0.15, -0.1) is 0 Å². The highest BCUT2D eigenvalue weighted by molar-refractivity contribution is 6.41.